The minimum atomic E-state index is -1.52. The van der Waals surface area contributed by atoms with Gasteiger partial charge in [-0.05, 0) is 12.8 Å². The van der Waals surface area contributed by atoms with Crippen LogP contribution in [0.1, 0.15) is 33.1 Å². The fourth-order valence-corrected chi connectivity index (χ4v) is 6.35. The average molecular weight is 269 g/mol. The van der Waals surface area contributed by atoms with E-state index in [9.17, 15) is 0 Å². The van der Waals surface area contributed by atoms with Crippen molar-refractivity contribution in [2.75, 3.05) is 0 Å². The van der Waals surface area contributed by atoms with Crippen molar-refractivity contribution in [1.29, 1.82) is 0 Å². The Kier molecular flexibility index (Phi) is 4.81. The predicted octanol–water partition coefficient (Wildman–Crippen LogP) is 4.79. The van der Waals surface area contributed by atoms with Crippen molar-refractivity contribution in [2.45, 2.75) is 45.7 Å². The molecular formula is C18H25Si. The van der Waals surface area contributed by atoms with Gasteiger partial charge in [0.15, 0.2) is 0 Å². The van der Waals surface area contributed by atoms with Crippen molar-refractivity contribution in [3.63, 3.8) is 0 Å². The number of rotatable bonds is 6. The van der Waals surface area contributed by atoms with Crippen LogP contribution in [0.5, 0.6) is 0 Å². The fourth-order valence-electron chi connectivity index (χ4n) is 2.94. The summed E-state index contributed by atoms with van der Waals surface area (Å²) in [5.41, 5.74) is 3.26. The van der Waals surface area contributed by atoms with Crippen LogP contribution in [0.25, 0.3) is 0 Å². The van der Waals surface area contributed by atoms with E-state index in [0.717, 1.165) is 0 Å². The lowest BCUT2D eigenvalue weighted by atomic mass is 10.1. The third kappa shape index (κ3) is 2.92. The Morgan fingerprint density at radius 1 is 1.05 bits per heavy atom. The molecule has 101 valence electrons. The SMILES string of the molecule is CCCCC1=CC=C[C]1[Si](C)(CC)c1ccccc1. The van der Waals surface area contributed by atoms with E-state index in [1.165, 1.54) is 25.3 Å². The monoisotopic (exact) mass is 269 g/mol. The van der Waals surface area contributed by atoms with Gasteiger partial charge in [0.1, 0.15) is 0 Å². The van der Waals surface area contributed by atoms with Gasteiger partial charge in [-0.15, -0.1) is 0 Å². The molecule has 2 rings (SSSR count). The first-order valence-electron chi connectivity index (χ1n) is 7.53. The number of allylic oxidation sites excluding steroid dienone is 4. The lowest BCUT2D eigenvalue weighted by Crippen LogP contribution is -2.49. The quantitative estimate of drug-likeness (QED) is 0.651. The summed E-state index contributed by atoms with van der Waals surface area (Å²) in [7, 11) is -1.52. The summed E-state index contributed by atoms with van der Waals surface area (Å²) in [6, 6.07) is 12.4. The van der Waals surface area contributed by atoms with Crippen LogP contribution in [0.2, 0.25) is 12.6 Å². The average Bonchev–Trinajstić information content (AvgIpc) is 2.94. The molecule has 1 heteroatoms. The zero-order valence-corrected chi connectivity index (χ0v) is 13.4. The Bertz CT molecular complexity index is 458. The minimum Gasteiger partial charge on any atom is -0.0757 e. The molecule has 0 spiro atoms. The van der Waals surface area contributed by atoms with Gasteiger partial charge in [0, 0.05) is 5.54 Å². The van der Waals surface area contributed by atoms with E-state index in [1.54, 1.807) is 16.3 Å². The molecule has 0 bridgehead atoms. The highest BCUT2D eigenvalue weighted by atomic mass is 28.3. The standard InChI is InChI=1S/C18H25Si/c1-4-6-11-16-12-10-15-18(16)19(3,5-2)17-13-8-7-9-14-17/h7-10,12-15H,4-6,11H2,1-3H3. The highest BCUT2D eigenvalue weighted by molar-refractivity contribution is 6.96. The molecule has 19 heavy (non-hydrogen) atoms. The normalized spacial score (nSPS) is 18.4. The Balaban J connectivity index is 2.26. The van der Waals surface area contributed by atoms with Crippen molar-refractivity contribution in [2.24, 2.45) is 0 Å². The molecule has 1 radical (unpaired) electrons. The molecular weight excluding hydrogens is 244 g/mol. The van der Waals surface area contributed by atoms with E-state index >= 15 is 0 Å². The van der Waals surface area contributed by atoms with Gasteiger partial charge in [0.2, 0.25) is 0 Å². The molecule has 0 saturated carbocycles. The first-order valence-corrected chi connectivity index (χ1v) is 10.2. The maximum Gasteiger partial charge on any atom is 0.0989 e. The van der Waals surface area contributed by atoms with Gasteiger partial charge >= 0.3 is 0 Å². The molecule has 1 aliphatic carbocycles. The van der Waals surface area contributed by atoms with Crippen molar-refractivity contribution in [1.82, 2.24) is 0 Å². The zero-order chi connectivity index (χ0) is 13.7. The largest absolute Gasteiger partial charge is 0.0989 e. The highest BCUT2D eigenvalue weighted by Gasteiger charge is 2.38. The molecule has 0 amide bonds. The summed E-state index contributed by atoms with van der Waals surface area (Å²) in [5.74, 6) is 0. The Morgan fingerprint density at radius 3 is 2.42 bits per heavy atom. The first-order chi connectivity index (χ1) is 9.22. The minimum absolute atomic E-state index is 1.24. The summed E-state index contributed by atoms with van der Waals surface area (Å²) in [5, 5.41) is 1.57. The van der Waals surface area contributed by atoms with Crippen molar-refractivity contribution >= 4 is 13.3 Å². The first kappa shape index (κ1) is 14.3. The van der Waals surface area contributed by atoms with Crippen LogP contribution >= 0.6 is 0 Å². The van der Waals surface area contributed by atoms with E-state index < -0.39 is 8.07 Å². The Hall–Kier alpha value is -1.08. The van der Waals surface area contributed by atoms with Crippen LogP contribution in [0.3, 0.4) is 0 Å². The fraction of sp³-hybridized carbons (Fsp3) is 0.389. The summed E-state index contributed by atoms with van der Waals surface area (Å²) in [6.07, 6.45) is 10.8. The topological polar surface area (TPSA) is 0 Å². The third-order valence-corrected chi connectivity index (χ3v) is 9.12. The third-order valence-electron chi connectivity index (χ3n) is 4.42. The second-order valence-corrected chi connectivity index (χ2v) is 10.1. The van der Waals surface area contributed by atoms with Crippen LogP contribution in [0.4, 0.5) is 0 Å². The summed E-state index contributed by atoms with van der Waals surface area (Å²) < 4.78 is 0. The zero-order valence-electron chi connectivity index (χ0n) is 12.4. The van der Waals surface area contributed by atoms with E-state index in [4.69, 9.17) is 0 Å². The van der Waals surface area contributed by atoms with Crippen LogP contribution < -0.4 is 5.19 Å². The van der Waals surface area contributed by atoms with Gasteiger partial charge in [-0.2, -0.15) is 0 Å². The van der Waals surface area contributed by atoms with Crippen LogP contribution in [-0.2, 0) is 0 Å². The molecule has 0 N–H and O–H groups in total. The van der Waals surface area contributed by atoms with E-state index in [1.807, 2.05) is 0 Å². The molecule has 1 aromatic rings. The molecule has 0 nitrogen and oxygen atoms in total. The van der Waals surface area contributed by atoms with Crippen LogP contribution in [0.15, 0.2) is 54.1 Å². The molecule has 1 aliphatic rings. The van der Waals surface area contributed by atoms with Crippen LogP contribution in [-0.4, -0.2) is 8.07 Å². The maximum absolute atomic E-state index is 2.52. The molecule has 0 heterocycles. The summed E-state index contributed by atoms with van der Waals surface area (Å²) >= 11 is 0. The van der Waals surface area contributed by atoms with Gasteiger partial charge in [-0.1, -0.05) is 92.2 Å². The number of hydrogen-bond donors (Lipinski definition) is 0. The molecule has 0 aliphatic heterocycles. The van der Waals surface area contributed by atoms with Gasteiger partial charge in [0.05, 0.1) is 8.07 Å². The molecule has 0 aromatic heterocycles. The van der Waals surface area contributed by atoms with Gasteiger partial charge in [-0.25, -0.2) is 0 Å². The number of unbranched alkanes of at least 4 members (excludes halogenated alkanes) is 1. The smallest absolute Gasteiger partial charge is 0.0757 e. The second-order valence-electron chi connectivity index (χ2n) is 5.62. The molecule has 1 aromatic carbocycles. The highest BCUT2D eigenvalue weighted by Crippen LogP contribution is 2.36. The maximum atomic E-state index is 2.52. The van der Waals surface area contributed by atoms with Gasteiger partial charge < -0.3 is 0 Å². The summed E-state index contributed by atoms with van der Waals surface area (Å²) in [6.45, 7) is 7.15. The predicted molar refractivity (Wildman–Crippen MR) is 88.2 cm³/mol. The van der Waals surface area contributed by atoms with Crippen molar-refractivity contribution in [3.8, 4) is 0 Å². The Labute approximate surface area is 119 Å². The van der Waals surface area contributed by atoms with Crippen LogP contribution in [0, 0.1) is 5.54 Å². The lowest BCUT2D eigenvalue weighted by molar-refractivity contribution is 0.790. The number of benzene rings is 1. The Morgan fingerprint density at radius 2 is 1.79 bits per heavy atom. The van der Waals surface area contributed by atoms with E-state index in [0.29, 0.717) is 0 Å². The van der Waals surface area contributed by atoms with Gasteiger partial charge in [0.25, 0.3) is 0 Å². The van der Waals surface area contributed by atoms with E-state index in [2.05, 4.69) is 69.0 Å². The molecule has 0 saturated heterocycles. The molecule has 0 fully saturated rings. The second kappa shape index (κ2) is 6.38. The van der Waals surface area contributed by atoms with E-state index in [-0.39, 0.29) is 0 Å². The van der Waals surface area contributed by atoms with Crippen molar-refractivity contribution in [3.05, 3.63) is 59.7 Å². The van der Waals surface area contributed by atoms with Crippen molar-refractivity contribution < 1.29 is 0 Å². The number of hydrogen-bond acceptors (Lipinski definition) is 0. The molecule has 1 atom stereocenters. The van der Waals surface area contributed by atoms with Gasteiger partial charge in [-0.3, -0.25) is 0 Å². The lowest BCUT2D eigenvalue weighted by Gasteiger charge is -2.33. The molecule has 1 unspecified atom stereocenters. The summed E-state index contributed by atoms with van der Waals surface area (Å²) in [4.78, 5) is 0.